The molecule has 0 saturated carbocycles. The average Bonchev–Trinajstić information content (AvgIpc) is 2.65. The number of amides is 2. The molecule has 0 aliphatic heterocycles. The molecule has 0 aromatic heterocycles. The second kappa shape index (κ2) is 8.49. The number of rotatable bonds is 5. The standard InChI is InChI=1S/C20H20N4O2/c1-3-23(18-7-5-4-6-8-18)14-16(13-21)20(26)24(15(2)25)19-11-9-17(22)10-12-19/h4-12,14H,3,22H2,1-2H3/b16-14-. The molecule has 0 aliphatic rings. The van der Waals surface area contributed by atoms with Crippen molar-refractivity contribution in [2.24, 2.45) is 0 Å². The summed E-state index contributed by atoms with van der Waals surface area (Å²) in [4.78, 5) is 27.6. The van der Waals surface area contributed by atoms with E-state index in [1.807, 2.05) is 43.3 Å². The van der Waals surface area contributed by atoms with Crippen LogP contribution >= 0.6 is 0 Å². The maximum atomic E-state index is 12.8. The Balaban J connectivity index is 2.40. The highest BCUT2D eigenvalue weighted by atomic mass is 16.2. The van der Waals surface area contributed by atoms with E-state index in [0.717, 1.165) is 10.6 Å². The molecule has 2 aromatic carbocycles. The molecule has 6 heteroatoms. The molecular formula is C20H20N4O2. The Morgan fingerprint density at radius 3 is 2.19 bits per heavy atom. The van der Waals surface area contributed by atoms with Crippen LogP contribution in [-0.2, 0) is 9.59 Å². The molecule has 2 rings (SSSR count). The van der Waals surface area contributed by atoms with Gasteiger partial charge < -0.3 is 10.6 Å². The maximum Gasteiger partial charge on any atom is 0.277 e. The molecule has 0 aliphatic carbocycles. The summed E-state index contributed by atoms with van der Waals surface area (Å²) in [5, 5.41) is 9.49. The highest BCUT2D eigenvalue weighted by Gasteiger charge is 2.24. The van der Waals surface area contributed by atoms with E-state index in [1.165, 1.54) is 13.1 Å². The molecule has 0 spiro atoms. The first kappa shape index (κ1) is 18.7. The highest BCUT2D eigenvalue weighted by molar-refractivity contribution is 6.21. The quantitative estimate of drug-likeness (QED) is 0.509. The fourth-order valence-electron chi connectivity index (χ4n) is 2.44. The number of nitriles is 1. The van der Waals surface area contributed by atoms with Crippen LogP contribution in [0, 0.1) is 11.3 Å². The van der Waals surface area contributed by atoms with Crippen LogP contribution < -0.4 is 15.5 Å². The van der Waals surface area contributed by atoms with Crippen LogP contribution in [0.4, 0.5) is 17.1 Å². The van der Waals surface area contributed by atoms with Crippen LogP contribution in [0.5, 0.6) is 0 Å². The third-order valence-electron chi connectivity index (χ3n) is 3.73. The molecule has 0 fully saturated rings. The van der Waals surface area contributed by atoms with E-state index >= 15 is 0 Å². The SMILES string of the molecule is CCN(/C=C(/C#N)C(=O)N(C(C)=O)c1ccc(N)cc1)c1ccccc1. The van der Waals surface area contributed by atoms with Crippen molar-refractivity contribution < 1.29 is 9.59 Å². The van der Waals surface area contributed by atoms with Gasteiger partial charge in [-0.3, -0.25) is 9.59 Å². The maximum absolute atomic E-state index is 12.8. The summed E-state index contributed by atoms with van der Waals surface area (Å²) < 4.78 is 0. The smallest absolute Gasteiger partial charge is 0.277 e. The van der Waals surface area contributed by atoms with Crippen molar-refractivity contribution >= 4 is 28.9 Å². The van der Waals surface area contributed by atoms with Crippen LogP contribution in [-0.4, -0.2) is 18.4 Å². The zero-order valence-electron chi connectivity index (χ0n) is 14.7. The lowest BCUT2D eigenvalue weighted by Crippen LogP contribution is -2.36. The third-order valence-corrected chi connectivity index (χ3v) is 3.73. The minimum Gasteiger partial charge on any atom is -0.399 e. The van der Waals surface area contributed by atoms with Gasteiger partial charge in [0.2, 0.25) is 5.91 Å². The molecule has 0 unspecified atom stereocenters. The summed E-state index contributed by atoms with van der Waals surface area (Å²) in [5.74, 6) is -1.16. The fraction of sp³-hybridized carbons (Fsp3) is 0.150. The molecule has 0 heterocycles. The van der Waals surface area contributed by atoms with Crippen molar-refractivity contribution in [3.05, 3.63) is 66.4 Å². The van der Waals surface area contributed by atoms with E-state index in [0.29, 0.717) is 17.9 Å². The first-order valence-electron chi connectivity index (χ1n) is 8.12. The molecule has 132 valence electrons. The minimum atomic E-state index is -0.681. The third kappa shape index (κ3) is 4.28. The van der Waals surface area contributed by atoms with Gasteiger partial charge in [-0.15, -0.1) is 0 Å². The summed E-state index contributed by atoms with van der Waals surface area (Å²) in [6.45, 7) is 3.74. The molecule has 0 atom stereocenters. The van der Waals surface area contributed by atoms with Gasteiger partial charge in [-0.25, -0.2) is 4.90 Å². The van der Waals surface area contributed by atoms with Crippen LogP contribution in [0.1, 0.15) is 13.8 Å². The number of carbonyl (C=O) groups is 2. The zero-order valence-corrected chi connectivity index (χ0v) is 14.7. The number of nitrogens with two attached hydrogens (primary N) is 1. The first-order chi connectivity index (χ1) is 12.5. The van der Waals surface area contributed by atoms with Gasteiger partial charge in [-0.05, 0) is 43.3 Å². The van der Waals surface area contributed by atoms with Gasteiger partial charge in [0, 0.05) is 31.0 Å². The number of benzene rings is 2. The molecular weight excluding hydrogens is 328 g/mol. The van der Waals surface area contributed by atoms with E-state index in [2.05, 4.69) is 0 Å². The van der Waals surface area contributed by atoms with Crippen LogP contribution in [0.25, 0.3) is 0 Å². The van der Waals surface area contributed by atoms with Crippen LogP contribution in [0.15, 0.2) is 66.4 Å². The Bertz CT molecular complexity index is 852. The first-order valence-corrected chi connectivity index (χ1v) is 8.12. The van der Waals surface area contributed by atoms with Crippen molar-refractivity contribution in [1.82, 2.24) is 0 Å². The van der Waals surface area contributed by atoms with Crippen molar-refractivity contribution in [1.29, 1.82) is 5.26 Å². The predicted molar refractivity (Wildman–Crippen MR) is 102 cm³/mol. The highest BCUT2D eigenvalue weighted by Crippen LogP contribution is 2.20. The van der Waals surface area contributed by atoms with Crippen LogP contribution in [0.3, 0.4) is 0 Å². The lowest BCUT2D eigenvalue weighted by Gasteiger charge is -2.22. The van der Waals surface area contributed by atoms with Crippen molar-refractivity contribution in [3.63, 3.8) is 0 Å². The average molecular weight is 348 g/mol. The number of imide groups is 1. The van der Waals surface area contributed by atoms with Gasteiger partial charge >= 0.3 is 0 Å². The summed E-state index contributed by atoms with van der Waals surface area (Å²) >= 11 is 0. The lowest BCUT2D eigenvalue weighted by molar-refractivity contribution is -0.123. The largest absolute Gasteiger partial charge is 0.399 e. The lowest BCUT2D eigenvalue weighted by atomic mass is 10.2. The molecule has 26 heavy (non-hydrogen) atoms. The monoisotopic (exact) mass is 348 g/mol. The normalized spacial score (nSPS) is 10.7. The summed E-state index contributed by atoms with van der Waals surface area (Å²) in [6.07, 6.45) is 1.46. The number of para-hydroxylation sites is 1. The topological polar surface area (TPSA) is 90.4 Å². The van der Waals surface area contributed by atoms with Crippen molar-refractivity contribution in [3.8, 4) is 6.07 Å². The second-order valence-electron chi connectivity index (χ2n) is 5.53. The van der Waals surface area contributed by atoms with E-state index in [1.54, 1.807) is 29.2 Å². The fourth-order valence-corrected chi connectivity index (χ4v) is 2.44. The Hall–Kier alpha value is -3.59. The molecule has 2 N–H and O–H groups in total. The van der Waals surface area contributed by atoms with Gasteiger partial charge in [-0.1, -0.05) is 18.2 Å². The van der Waals surface area contributed by atoms with Gasteiger partial charge in [-0.2, -0.15) is 5.26 Å². The number of hydrogen-bond acceptors (Lipinski definition) is 5. The summed E-state index contributed by atoms with van der Waals surface area (Å²) in [7, 11) is 0. The number of nitrogens with zero attached hydrogens (tertiary/aromatic N) is 3. The summed E-state index contributed by atoms with van der Waals surface area (Å²) in [6, 6.07) is 17.6. The van der Waals surface area contributed by atoms with E-state index in [-0.39, 0.29) is 5.57 Å². The zero-order chi connectivity index (χ0) is 19.1. The molecule has 0 radical (unpaired) electrons. The Morgan fingerprint density at radius 1 is 1.08 bits per heavy atom. The van der Waals surface area contributed by atoms with Gasteiger partial charge in [0.05, 0.1) is 5.69 Å². The molecule has 2 amide bonds. The number of hydrogen-bond donors (Lipinski definition) is 1. The minimum absolute atomic E-state index is 0.136. The van der Waals surface area contributed by atoms with Gasteiger partial charge in [0.15, 0.2) is 0 Å². The molecule has 6 nitrogen and oxygen atoms in total. The molecule has 2 aromatic rings. The van der Waals surface area contributed by atoms with Crippen molar-refractivity contribution in [2.75, 3.05) is 22.1 Å². The predicted octanol–water partition coefficient (Wildman–Crippen LogP) is 3.08. The van der Waals surface area contributed by atoms with E-state index in [4.69, 9.17) is 5.73 Å². The molecule has 0 saturated heterocycles. The second-order valence-corrected chi connectivity index (χ2v) is 5.53. The number of nitrogen functional groups attached to an aromatic ring is 1. The number of carbonyl (C=O) groups excluding carboxylic acids is 2. The Labute approximate surface area is 152 Å². The van der Waals surface area contributed by atoms with Gasteiger partial charge in [0.1, 0.15) is 11.6 Å². The Morgan fingerprint density at radius 2 is 1.69 bits per heavy atom. The van der Waals surface area contributed by atoms with Crippen molar-refractivity contribution in [2.45, 2.75) is 13.8 Å². The number of anilines is 3. The van der Waals surface area contributed by atoms with E-state index in [9.17, 15) is 14.9 Å². The van der Waals surface area contributed by atoms with Gasteiger partial charge in [0.25, 0.3) is 5.91 Å². The van der Waals surface area contributed by atoms with E-state index < -0.39 is 11.8 Å². The summed E-state index contributed by atoms with van der Waals surface area (Å²) in [5.41, 5.74) is 7.24. The Kier molecular flexibility index (Phi) is 6.12. The molecule has 0 bridgehead atoms. The van der Waals surface area contributed by atoms with Crippen LogP contribution in [0.2, 0.25) is 0 Å².